The zero-order chi connectivity index (χ0) is 27.9. The number of hydrogen-bond acceptors (Lipinski definition) is 8. The summed E-state index contributed by atoms with van der Waals surface area (Å²) in [6.07, 6.45) is -8.15. The molecule has 1 aliphatic rings. The predicted molar refractivity (Wildman–Crippen MR) is 123 cm³/mol. The Labute approximate surface area is 212 Å². The number of pyridine rings is 3. The number of nitrogens with two attached hydrogens (primary N) is 1. The van der Waals surface area contributed by atoms with Crippen LogP contribution in [-0.2, 0) is 15.6 Å². The molecule has 0 spiro atoms. The molecule has 0 aliphatic carbocycles. The molecule has 3 aromatic heterocycles. The Bertz CT molecular complexity index is 1380. The van der Waals surface area contributed by atoms with Crippen molar-refractivity contribution in [3.63, 3.8) is 0 Å². The molecule has 0 aromatic carbocycles. The minimum absolute atomic E-state index is 0.0119. The van der Waals surface area contributed by atoms with Crippen molar-refractivity contribution >= 4 is 21.7 Å². The van der Waals surface area contributed by atoms with Crippen LogP contribution in [0.25, 0.3) is 11.1 Å². The second-order valence-electron chi connectivity index (χ2n) is 8.35. The largest absolute Gasteiger partial charge is 0.430 e. The number of piperazine rings is 1. The number of sulfonamides is 1. The Hall–Kier alpha value is -3.50. The summed E-state index contributed by atoms with van der Waals surface area (Å²) in [6.45, 7) is -0.0638. The number of rotatable bonds is 5. The van der Waals surface area contributed by atoms with Gasteiger partial charge in [-0.3, -0.25) is 4.98 Å². The number of halogens is 6. The Morgan fingerprint density at radius 2 is 1.47 bits per heavy atom. The molecule has 0 saturated carbocycles. The third-order valence-corrected chi connectivity index (χ3v) is 7.91. The lowest BCUT2D eigenvalue weighted by Gasteiger charge is -2.36. The smallest absolute Gasteiger partial charge is 0.384 e. The lowest BCUT2D eigenvalue weighted by molar-refractivity contribution is -0.376. The average Bonchev–Trinajstić information content (AvgIpc) is 2.87. The normalized spacial score (nSPS) is 16.0. The van der Waals surface area contributed by atoms with Gasteiger partial charge >= 0.3 is 12.4 Å². The van der Waals surface area contributed by atoms with Crippen molar-refractivity contribution in [2.75, 3.05) is 36.8 Å². The van der Waals surface area contributed by atoms with Gasteiger partial charge in [0.25, 0.3) is 5.60 Å². The van der Waals surface area contributed by atoms with Crippen molar-refractivity contribution in [3.05, 3.63) is 60.7 Å². The highest BCUT2D eigenvalue weighted by Crippen LogP contribution is 2.51. The molecular weight excluding hydrogens is 542 g/mol. The molecule has 16 heteroatoms. The Kier molecular flexibility index (Phi) is 7.00. The SMILES string of the molecule is Nc1ccc(S(=O)(=O)N2CCN(c3ncc(C(O)(C(F)(F)F)C(F)(F)F)cc3-c3ccncc3)CC2)cn1. The van der Waals surface area contributed by atoms with Crippen LogP contribution in [-0.4, -0.2) is 71.3 Å². The Morgan fingerprint density at radius 1 is 0.868 bits per heavy atom. The summed E-state index contributed by atoms with van der Waals surface area (Å²) >= 11 is 0. The van der Waals surface area contributed by atoms with Gasteiger partial charge in [-0.05, 0) is 35.9 Å². The van der Waals surface area contributed by atoms with Crippen molar-refractivity contribution in [2.24, 2.45) is 0 Å². The number of nitrogen functional groups attached to an aromatic ring is 1. The molecule has 0 amide bonds. The maximum Gasteiger partial charge on any atom is 0.430 e. The molecule has 0 radical (unpaired) electrons. The molecule has 9 nitrogen and oxygen atoms in total. The average molecular weight is 562 g/mol. The van der Waals surface area contributed by atoms with Crippen LogP contribution in [0.4, 0.5) is 38.0 Å². The minimum atomic E-state index is -6.08. The summed E-state index contributed by atoms with van der Waals surface area (Å²) in [7, 11) is -3.93. The van der Waals surface area contributed by atoms with Crippen LogP contribution < -0.4 is 10.6 Å². The van der Waals surface area contributed by atoms with Crippen LogP contribution in [0.15, 0.2) is 60.0 Å². The maximum absolute atomic E-state index is 13.5. The quantitative estimate of drug-likeness (QED) is 0.455. The molecule has 1 saturated heterocycles. The standard InChI is InChI=1S/C22H20F6N6O3S/c23-21(24,25)20(35,22(26,27)28)15-11-17(14-3-5-30-6-4-14)19(32-12-15)33-7-9-34(10-8-33)38(36,37)16-1-2-18(29)31-13-16/h1-6,11-13,35H,7-10H2,(H2,29,31). The zero-order valence-corrected chi connectivity index (χ0v) is 20.1. The molecule has 4 heterocycles. The van der Waals surface area contributed by atoms with Crippen LogP contribution in [0.3, 0.4) is 0 Å². The fourth-order valence-electron chi connectivity index (χ4n) is 3.97. The van der Waals surface area contributed by atoms with E-state index in [1.165, 1.54) is 45.9 Å². The highest BCUT2D eigenvalue weighted by molar-refractivity contribution is 7.89. The number of nitrogens with zero attached hydrogens (tertiary/aromatic N) is 5. The van der Waals surface area contributed by atoms with Crippen LogP contribution in [0.5, 0.6) is 0 Å². The number of aromatic nitrogens is 3. The van der Waals surface area contributed by atoms with Gasteiger partial charge in [0, 0.05) is 62.1 Å². The minimum Gasteiger partial charge on any atom is -0.384 e. The summed E-state index contributed by atoms with van der Waals surface area (Å²) < 4.78 is 108. The Balaban J connectivity index is 1.70. The Morgan fingerprint density at radius 3 is 2.00 bits per heavy atom. The van der Waals surface area contributed by atoms with E-state index in [2.05, 4.69) is 15.0 Å². The predicted octanol–water partition coefficient (Wildman–Crippen LogP) is 2.94. The first-order valence-corrected chi connectivity index (χ1v) is 12.3. The van der Waals surface area contributed by atoms with Gasteiger partial charge in [0.2, 0.25) is 10.0 Å². The molecule has 1 aliphatic heterocycles. The van der Waals surface area contributed by atoms with Gasteiger partial charge in [0.1, 0.15) is 16.5 Å². The molecular formula is C22H20F6N6O3S. The van der Waals surface area contributed by atoms with E-state index in [-0.39, 0.29) is 53.8 Å². The van der Waals surface area contributed by atoms with Gasteiger partial charge in [0.15, 0.2) is 0 Å². The van der Waals surface area contributed by atoms with Crippen molar-refractivity contribution in [1.82, 2.24) is 19.3 Å². The van der Waals surface area contributed by atoms with E-state index in [0.717, 1.165) is 6.20 Å². The molecule has 0 unspecified atom stereocenters. The van der Waals surface area contributed by atoms with Crippen molar-refractivity contribution in [3.8, 4) is 11.1 Å². The highest BCUT2D eigenvalue weighted by Gasteiger charge is 2.71. The van der Waals surface area contributed by atoms with Gasteiger partial charge in [-0.15, -0.1) is 0 Å². The third kappa shape index (κ3) is 4.86. The topological polar surface area (TPSA) is 126 Å². The lowest BCUT2D eigenvalue weighted by Crippen LogP contribution is -2.54. The number of alkyl halides is 6. The summed E-state index contributed by atoms with van der Waals surface area (Å²) in [6, 6.07) is 5.94. The maximum atomic E-state index is 13.5. The van der Waals surface area contributed by atoms with Gasteiger partial charge < -0.3 is 15.7 Å². The van der Waals surface area contributed by atoms with Crippen molar-refractivity contribution < 1.29 is 39.9 Å². The monoisotopic (exact) mass is 562 g/mol. The number of anilines is 2. The van der Waals surface area contributed by atoms with Crippen LogP contribution in [0.1, 0.15) is 5.56 Å². The van der Waals surface area contributed by atoms with Gasteiger partial charge in [-0.25, -0.2) is 18.4 Å². The molecule has 3 aromatic rings. The van der Waals surface area contributed by atoms with Gasteiger partial charge in [-0.1, -0.05) is 0 Å². The zero-order valence-electron chi connectivity index (χ0n) is 19.3. The van der Waals surface area contributed by atoms with Crippen LogP contribution in [0.2, 0.25) is 0 Å². The van der Waals surface area contributed by atoms with E-state index < -0.39 is 33.5 Å². The third-order valence-electron chi connectivity index (χ3n) is 6.03. The van der Waals surface area contributed by atoms with E-state index in [9.17, 15) is 39.9 Å². The summed E-state index contributed by atoms with van der Waals surface area (Å²) in [5.74, 6) is 0.146. The fourth-order valence-corrected chi connectivity index (χ4v) is 5.34. The molecule has 1 fully saturated rings. The van der Waals surface area contributed by atoms with E-state index in [1.807, 2.05) is 0 Å². The van der Waals surface area contributed by atoms with E-state index in [4.69, 9.17) is 5.73 Å². The number of hydrogen-bond donors (Lipinski definition) is 2. The van der Waals surface area contributed by atoms with Gasteiger partial charge in [-0.2, -0.15) is 30.6 Å². The summed E-state index contributed by atoms with van der Waals surface area (Å²) in [4.78, 5) is 12.9. The lowest BCUT2D eigenvalue weighted by atomic mass is 9.91. The van der Waals surface area contributed by atoms with Crippen LogP contribution >= 0.6 is 0 Å². The van der Waals surface area contributed by atoms with Crippen molar-refractivity contribution in [1.29, 1.82) is 0 Å². The molecule has 38 heavy (non-hydrogen) atoms. The van der Waals surface area contributed by atoms with Gasteiger partial charge in [0.05, 0.1) is 0 Å². The first-order valence-electron chi connectivity index (χ1n) is 10.9. The van der Waals surface area contributed by atoms with Crippen molar-refractivity contribution in [2.45, 2.75) is 22.8 Å². The molecule has 0 atom stereocenters. The van der Waals surface area contributed by atoms with E-state index in [1.54, 1.807) is 0 Å². The summed E-state index contributed by atoms with van der Waals surface area (Å²) in [5, 5.41) is 9.88. The fraction of sp³-hybridized carbons (Fsp3) is 0.318. The molecule has 3 N–H and O–H groups in total. The molecule has 0 bridgehead atoms. The summed E-state index contributed by atoms with van der Waals surface area (Å²) in [5.41, 5.74) is -1.10. The highest BCUT2D eigenvalue weighted by atomic mass is 32.2. The first kappa shape index (κ1) is 27.5. The van der Waals surface area contributed by atoms with Crippen LogP contribution in [0, 0.1) is 0 Å². The second kappa shape index (κ2) is 9.67. The number of aliphatic hydroxyl groups is 1. The molecule has 4 rings (SSSR count). The van der Waals surface area contributed by atoms with E-state index in [0.29, 0.717) is 12.3 Å². The second-order valence-corrected chi connectivity index (χ2v) is 10.3. The first-order chi connectivity index (χ1) is 17.7. The van der Waals surface area contributed by atoms with E-state index >= 15 is 0 Å². The molecule has 204 valence electrons.